The maximum atomic E-state index is 7.38. The molecule has 2 nitrogen and oxygen atoms in total. The van der Waals surface area contributed by atoms with E-state index in [9.17, 15) is 0 Å². The minimum atomic E-state index is 0.158. The Bertz CT molecular complexity index is 2620. The zero-order valence-electron chi connectivity index (χ0n) is 26.7. The summed E-state index contributed by atoms with van der Waals surface area (Å²) in [6.45, 7) is 3.59. The molecule has 1 aromatic heterocycles. The summed E-state index contributed by atoms with van der Waals surface area (Å²) >= 11 is 0. The van der Waals surface area contributed by atoms with Gasteiger partial charge in [-0.15, -0.1) is 0 Å². The summed E-state index contributed by atoms with van der Waals surface area (Å²) in [7, 11) is 54.3. The third-order valence-corrected chi connectivity index (χ3v) is 10.1. The van der Waals surface area contributed by atoms with Crippen LogP contribution in [-0.4, -0.2) is 72.0 Å². The molecule has 2 aliphatic rings. The van der Waals surface area contributed by atoms with Crippen LogP contribution in [-0.2, 0) is 0 Å². The third-order valence-electron chi connectivity index (χ3n) is 10.1. The number of hydrogen-bond donors (Lipinski definition) is 0. The molecule has 0 bridgehead atoms. The van der Waals surface area contributed by atoms with E-state index < -0.39 is 0 Å². The molecule has 15 radical (unpaired) electrons. The van der Waals surface area contributed by atoms with Crippen LogP contribution in [0.5, 0.6) is 0 Å². The molecule has 0 amide bonds. The van der Waals surface area contributed by atoms with Gasteiger partial charge in [0, 0.05) is 0 Å². The van der Waals surface area contributed by atoms with Crippen LogP contribution in [0.1, 0.15) is 35.7 Å². The number of para-hydroxylation sites is 2. The van der Waals surface area contributed by atoms with Gasteiger partial charge in [0.05, 0.1) is 0 Å². The van der Waals surface area contributed by atoms with Gasteiger partial charge >= 0.3 is 291 Å². The van der Waals surface area contributed by atoms with Gasteiger partial charge in [0.15, 0.2) is 0 Å². The fourth-order valence-corrected chi connectivity index (χ4v) is 7.84. The molecule has 10 heteroatoms. The van der Waals surface area contributed by atoms with E-state index in [-0.39, 0.29) is 44.6 Å². The fourth-order valence-electron chi connectivity index (χ4n) is 7.84. The molecule has 48 heavy (non-hydrogen) atoms. The Morgan fingerprint density at radius 3 is 2.06 bits per heavy atom. The van der Waals surface area contributed by atoms with Gasteiger partial charge in [-0.3, -0.25) is 0 Å². The van der Waals surface area contributed by atoms with Crippen molar-refractivity contribution >= 4 is 122 Å². The van der Waals surface area contributed by atoms with E-state index >= 15 is 0 Å². The molecule has 207 valence electrons. The summed E-state index contributed by atoms with van der Waals surface area (Å²) in [6, 6.07) is 18.4. The molecule has 0 spiro atoms. The van der Waals surface area contributed by atoms with Crippen molar-refractivity contribution in [2.24, 2.45) is 0 Å². The third kappa shape index (κ3) is 4.17. The van der Waals surface area contributed by atoms with E-state index in [0.29, 0.717) is 43.6 Å². The first-order chi connectivity index (χ1) is 23.0. The number of imidazole rings is 1. The molecule has 5 aromatic carbocycles. The van der Waals surface area contributed by atoms with E-state index in [0.717, 1.165) is 22.0 Å². The van der Waals surface area contributed by atoms with Crippen molar-refractivity contribution in [2.45, 2.75) is 25.7 Å². The number of rotatable bonds is 3. The van der Waals surface area contributed by atoms with Crippen molar-refractivity contribution in [1.29, 1.82) is 0 Å². The summed E-state index contributed by atoms with van der Waals surface area (Å²) in [5.74, 6) is 1.14. The van der Waals surface area contributed by atoms with Gasteiger partial charge in [0.1, 0.15) is 0 Å². The number of benzene rings is 5. The van der Waals surface area contributed by atoms with E-state index in [2.05, 4.69) is 54.6 Å². The quantitative estimate of drug-likeness (QED) is 0.288. The summed E-state index contributed by atoms with van der Waals surface area (Å²) in [6.07, 6.45) is 8.74. The Balaban J connectivity index is 1.66. The Morgan fingerprint density at radius 1 is 0.729 bits per heavy atom. The number of allylic oxidation sites excluding steroid dienone is 6. The molecule has 6 aromatic rings. The predicted octanol–water partition coefficient (Wildman–Crippen LogP) is 2.05. The van der Waals surface area contributed by atoms with Crippen LogP contribution in [0.3, 0.4) is 0 Å². The molecule has 0 saturated carbocycles. The Morgan fingerprint density at radius 2 is 1.38 bits per heavy atom. The second kappa shape index (κ2) is 11.1. The molecular weight excluding hydrogens is 571 g/mol. The molecule has 0 N–H and O–H groups in total. The number of fused-ring (bicyclic) bond motifs is 5. The van der Waals surface area contributed by atoms with Crippen molar-refractivity contribution in [3.63, 3.8) is 0 Å². The van der Waals surface area contributed by atoms with Gasteiger partial charge in [0.2, 0.25) is 0 Å². The molecule has 1 heterocycles. The summed E-state index contributed by atoms with van der Waals surface area (Å²) in [4.78, 5) is 4.85. The minimum absolute atomic E-state index is 0.158. The molecule has 2 unspecified atom stereocenters. The standard InChI is InChI=1S/C38H21B8N2/c1-16(39)31(40)35(44)30-32(41)27(23-15-14-22-19-9-4-3-8-18(19)20-10-7-11-21(23)26(20)22)28-29(34(43)37(46)36(45)33(28)42)38(30)48-17(2)47-24-12-5-6-13-25(24)48/h3-15,18-19H,1-2H3/b31-16-,35-30-. The van der Waals surface area contributed by atoms with Crippen LogP contribution >= 0.6 is 0 Å². The molecule has 2 atom stereocenters. The van der Waals surface area contributed by atoms with Crippen molar-refractivity contribution in [3.05, 3.63) is 117 Å². The van der Waals surface area contributed by atoms with Crippen molar-refractivity contribution < 1.29 is 0 Å². The first-order valence-electron chi connectivity index (χ1n) is 15.7. The molecule has 0 saturated heterocycles. The molecule has 8 rings (SSSR count). The maximum absolute atomic E-state index is 7.38. The van der Waals surface area contributed by atoms with Crippen LogP contribution in [0.2, 0.25) is 0 Å². The van der Waals surface area contributed by atoms with Crippen LogP contribution < -0.4 is 27.1 Å². The topological polar surface area (TPSA) is 17.8 Å². The van der Waals surface area contributed by atoms with Gasteiger partial charge in [0.25, 0.3) is 0 Å². The molecule has 0 fully saturated rings. The van der Waals surface area contributed by atoms with Crippen molar-refractivity contribution in [2.75, 3.05) is 0 Å². The van der Waals surface area contributed by atoms with Crippen LogP contribution in [0.25, 0.3) is 54.9 Å². The average Bonchev–Trinajstić information content (AvgIpc) is 3.60. The van der Waals surface area contributed by atoms with Gasteiger partial charge < -0.3 is 0 Å². The second-order valence-corrected chi connectivity index (χ2v) is 12.7. The zero-order valence-corrected chi connectivity index (χ0v) is 26.7. The predicted molar refractivity (Wildman–Crippen MR) is 209 cm³/mol. The van der Waals surface area contributed by atoms with E-state index in [1.165, 1.54) is 16.5 Å². The number of aryl methyl sites for hydroxylation is 1. The molecular formula is C38H21B8N2. The van der Waals surface area contributed by atoms with Crippen LogP contribution in [0, 0.1) is 12.0 Å². The zero-order chi connectivity index (χ0) is 33.8. The summed E-state index contributed by atoms with van der Waals surface area (Å²) < 4.78 is 1.96. The van der Waals surface area contributed by atoms with Crippen LogP contribution in [0.4, 0.5) is 0 Å². The Hall–Kier alpha value is -4.30. The van der Waals surface area contributed by atoms with Gasteiger partial charge in [-0.1, -0.05) is 0 Å². The first kappa shape index (κ1) is 31.0. The van der Waals surface area contributed by atoms with E-state index in [4.69, 9.17) is 67.4 Å². The van der Waals surface area contributed by atoms with Crippen molar-refractivity contribution in [3.8, 4) is 16.8 Å². The Labute approximate surface area is 290 Å². The number of nitrogens with zero attached hydrogens (tertiary/aromatic N) is 2. The second-order valence-electron chi connectivity index (χ2n) is 12.7. The molecule has 2 aliphatic carbocycles. The van der Waals surface area contributed by atoms with Gasteiger partial charge in [-0.2, -0.15) is 0 Å². The van der Waals surface area contributed by atoms with Crippen molar-refractivity contribution in [1.82, 2.24) is 9.55 Å². The normalized spacial score (nSPS) is 17.7. The number of hydrogen-bond acceptors (Lipinski definition) is 1. The average molecular weight is 592 g/mol. The first-order valence-corrected chi connectivity index (χ1v) is 15.7. The van der Waals surface area contributed by atoms with E-state index in [1.54, 1.807) is 6.92 Å². The van der Waals surface area contributed by atoms with E-state index in [1.807, 2.05) is 35.8 Å². The van der Waals surface area contributed by atoms with Gasteiger partial charge in [-0.25, -0.2) is 0 Å². The number of aromatic nitrogens is 2. The fraction of sp³-hybridized carbons (Fsp3) is 0.105. The molecule has 0 aliphatic heterocycles. The summed E-state index contributed by atoms with van der Waals surface area (Å²) in [5.41, 5.74) is 7.60. The van der Waals surface area contributed by atoms with Crippen LogP contribution in [0.15, 0.2) is 89.8 Å². The Kier molecular flexibility index (Phi) is 7.18. The SMILES string of the molecule is [B]/C(C)=C([B])/C([B])=c1/c(-n2c(C)nc3ccccc32)c2c([B])c([B])c([B])c([B])c2c(-c2ccc3c4c(cccc24)C2C=CC=CC32)c1=[B]. The van der Waals surface area contributed by atoms with Gasteiger partial charge in [-0.05, 0) is 0 Å². The monoisotopic (exact) mass is 593 g/mol. The summed E-state index contributed by atoms with van der Waals surface area (Å²) in [5, 5.41) is 4.05.